The van der Waals surface area contributed by atoms with Crippen LogP contribution in [0.2, 0.25) is 5.02 Å². The number of nitrogens with one attached hydrogen (secondary N) is 1. The van der Waals surface area contributed by atoms with Gasteiger partial charge in [-0.1, -0.05) is 31.5 Å². The minimum Gasteiger partial charge on any atom is -0.478 e. The van der Waals surface area contributed by atoms with E-state index in [0.29, 0.717) is 23.6 Å². The molecule has 0 unspecified atom stereocenters. The minimum absolute atomic E-state index is 0.198. The van der Waals surface area contributed by atoms with E-state index < -0.39 is 11.9 Å². The highest BCUT2D eigenvalue weighted by Crippen LogP contribution is 2.30. The zero-order chi connectivity index (χ0) is 17.0. The largest absolute Gasteiger partial charge is 0.478 e. The number of anilines is 1. The summed E-state index contributed by atoms with van der Waals surface area (Å²) >= 11 is 6.20. The number of carboxylic acid groups (broad SMARTS) is 1. The van der Waals surface area contributed by atoms with Crippen molar-refractivity contribution in [1.82, 2.24) is 10.2 Å². The van der Waals surface area contributed by atoms with Crippen LogP contribution >= 0.6 is 11.6 Å². The van der Waals surface area contributed by atoms with Crippen LogP contribution in [0.5, 0.6) is 0 Å². The van der Waals surface area contributed by atoms with E-state index in [2.05, 4.69) is 15.5 Å². The lowest BCUT2D eigenvalue weighted by Crippen LogP contribution is -2.20. The number of carbonyl (C=O) groups is 2. The van der Waals surface area contributed by atoms with Gasteiger partial charge in [0.05, 0.1) is 11.8 Å². The van der Waals surface area contributed by atoms with Crippen molar-refractivity contribution in [1.29, 1.82) is 0 Å². The Kier molecular flexibility index (Phi) is 5.28. The van der Waals surface area contributed by atoms with Crippen LogP contribution in [0.4, 0.5) is 5.69 Å². The van der Waals surface area contributed by atoms with Crippen molar-refractivity contribution < 1.29 is 14.7 Å². The second-order valence-corrected chi connectivity index (χ2v) is 5.23. The van der Waals surface area contributed by atoms with E-state index >= 15 is 0 Å². The molecule has 0 saturated carbocycles. The summed E-state index contributed by atoms with van der Waals surface area (Å²) in [6.07, 6.45) is 2.56. The van der Waals surface area contributed by atoms with Gasteiger partial charge in [-0.2, -0.15) is 5.10 Å². The van der Waals surface area contributed by atoms with Crippen LogP contribution in [-0.2, 0) is 12.8 Å². The molecule has 0 radical (unpaired) electrons. The first-order valence-corrected chi connectivity index (χ1v) is 7.53. The molecule has 0 atom stereocenters. The molecule has 0 aliphatic heterocycles. The van der Waals surface area contributed by atoms with Crippen molar-refractivity contribution in [2.24, 2.45) is 0 Å². The molecule has 6 nitrogen and oxygen atoms in total. The molecule has 1 aromatic carbocycles. The molecule has 23 heavy (non-hydrogen) atoms. The van der Waals surface area contributed by atoms with E-state index in [1.807, 2.05) is 19.9 Å². The van der Waals surface area contributed by atoms with Gasteiger partial charge in [0.2, 0.25) is 0 Å². The summed E-state index contributed by atoms with van der Waals surface area (Å²) in [7, 11) is 0. The van der Waals surface area contributed by atoms with Crippen LogP contribution in [0.15, 0.2) is 24.4 Å². The Morgan fingerprint density at radius 1 is 1.22 bits per heavy atom. The average Bonchev–Trinajstić information content (AvgIpc) is 2.55. The molecule has 0 aliphatic rings. The lowest BCUT2D eigenvalue weighted by molar-refractivity contribution is 0.0691. The Bertz CT molecular complexity index is 762. The summed E-state index contributed by atoms with van der Waals surface area (Å²) in [5.41, 5.74) is 1.90. The van der Waals surface area contributed by atoms with Gasteiger partial charge in [-0.15, -0.1) is 5.10 Å². The second kappa shape index (κ2) is 7.19. The first kappa shape index (κ1) is 16.9. The first-order valence-electron chi connectivity index (χ1n) is 7.16. The Morgan fingerprint density at radius 2 is 1.96 bits per heavy atom. The second-order valence-electron chi connectivity index (χ2n) is 4.82. The monoisotopic (exact) mass is 333 g/mol. The van der Waals surface area contributed by atoms with E-state index in [4.69, 9.17) is 16.7 Å². The molecule has 1 amide bonds. The molecule has 7 heteroatoms. The van der Waals surface area contributed by atoms with Crippen molar-refractivity contribution in [2.75, 3.05) is 5.32 Å². The molecule has 1 heterocycles. The van der Waals surface area contributed by atoms with E-state index in [9.17, 15) is 9.59 Å². The summed E-state index contributed by atoms with van der Waals surface area (Å²) in [5.74, 6) is -1.86. The van der Waals surface area contributed by atoms with Gasteiger partial charge in [-0.05, 0) is 36.1 Å². The maximum absolute atomic E-state index is 12.5. The SMILES string of the molecule is CCc1ccc(Cl)c(CC)c1NC(=O)c1nnccc1C(=O)O. The van der Waals surface area contributed by atoms with E-state index in [1.165, 1.54) is 12.3 Å². The highest BCUT2D eigenvalue weighted by molar-refractivity contribution is 6.32. The van der Waals surface area contributed by atoms with Gasteiger partial charge in [-0.3, -0.25) is 4.79 Å². The number of carboxylic acids is 1. The molecule has 2 rings (SSSR count). The molecule has 0 bridgehead atoms. The minimum atomic E-state index is -1.23. The summed E-state index contributed by atoms with van der Waals surface area (Å²) in [4.78, 5) is 23.7. The number of hydrogen-bond acceptors (Lipinski definition) is 4. The van der Waals surface area contributed by atoms with Gasteiger partial charge < -0.3 is 10.4 Å². The number of aromatic nitrogens is 2. The number of amides is 1. The predicted molar refractivity (Wildman–Crippen MR) is 87.2 cm³/mol. The molecule has 0 fully saturated rings. The molecule has 1 aromatic heterocycles. The van der Waals surface area contributed by atoms with E-state index in [0.717, 1.165) is 11.1 Å². The molecule has 2 aromatic rings. The van der Waals surface area contributed by atoms with Gasteiger partial charge in [0.1, 0.15) is 0 Å². The lowest BCUT2D eigenvalue weighted by Gasteiger charge is -2.16. The van der Waals surface area contributed by atoms with E-state index in [-0.39, 0.29) is 11.3 Å². The summed E-state index contributed by atoms with van der Waals surface area (Å²) in [5, 5.41) is 19.7. The molecular weight excluding hydrogens is 318 g/mol. The van der Waals surface area contributed by atoms with Crippen LogP contribution in [-0.4, -0.2) is 27.2 Å². The molecule has 0 saturated heterocycles. The number of hydrogen-bond donors (Lipinski definition) is 2. The van der Waals surface area contributed by atoms with Gasteiger partial charge >= 0.3 is 5.97 Å². The standard InChI is InChI=1S/C16H16ClN3O3/c1-3-9-5-6-12(17)10(4-2)13(9)19-15(21)14-11(16(22)23)7-8-18-20-14/h5-8H,3-4H2,1-2H3,(H,19,21)(H,22,23). The van der Waals surface area contributed by atoms with Crippen LogP contribution in [0.3, 0.4) is 0 Å². The number of benzene rings is 1. The Hall–Kier alpha value is -2.47. The first-order chi connectivity index (χ1) is 11.0. The maximum Gasteiger partial charge on any atom is 0.338 e. The average molecular weight is 334 g/mol. The highest BCUT2D eigenvalue weighted by atomic mass is 35.5. The number of halogens is 1. The number of carbonyl (C=O) groups excluding carboxylic acids is 1. The Balaban J connectivity index is 2.46. The van der Waals surface area contributed by atoms with Gasteiger partial charge in [0, 0.05) is 10.7 Å². The number of nitrogens with zero attached hydrogens (tertiary/aromatic N) is 2. The lowest BCUT2D eigenvalue weighted by atomic mass is 10.0. The zero-order valence-corrected chi connectivity index (χ0v) is 13.5. The third-order valence-corrected chi connectivity index (χ3v) is 3.84. The van der Waals surface area contributed by atoms with Gasteiger partial charge in [0.15, 0.2) is 5.69 Å². The van der Waals surface area contributed by atoms with Gasteiger partial charge in [0.25, 0.3) is 5.91 Å². The highest BCUT2D eigenvalue weighted by Gasteiger charge is 2.21. The van der Waals surface area contributed by atoms with E-state index in [1.54, 1.807) is 6.07 Å². The summed E-state index contributed by atoms with van der Waals surface area (Å²) < 4.78 is 0. The fourth-order valence-electron chi connectivity index (χ4n) is 2.31. The van der Waals surface area contributed by atoms with Crippen molar-refractivity contribution in [2.45, 2.75) is 26.7 Å². The number of aryl methyl sites for hydroxylation is 1. The van der Waals surface area contributed by atoms with Crippen LogP contribution < -0.4 is 5.32 Å². The molecule has 0 aliphatic carbocycles. The maximum atomic E-state index is 12.5. The van der Waals surface area contributed by atoms with Crippen LogP contribution in [0, 0.1) is 0 Å². The van der Waals surface area contributed by atoms with Crippen LogP contribution in [0.25, 0.3) is 0 Å². The number of aromatic carboxylic acids is 1. The fourth-order valence-corrected chi connectivity index (χ4v) is 2.60. The topological polar surface area (TPSA) is 92.2 Å². The molecule has 2 N–H and O–H groups in total. The third kappa shape index (κ3) is 3.48. The zero-order valence-electron chi connectivity index (χ0n) is 12.8. The Labute approximate surface area is 138 Å². The van der Waals surface area contributed by atoms with Crippen molar-refractivity contribution in [3.05, 3.63) is 51.8 Å². The summed E-state index contributed by atoms with van der Waals surface area (Å²) in [6, 6.07) is 4.87. The van der Waals surface area contributed by atoms with Crippen molar-refractivity contribution in [3.8, 4) is 0 Å². The number of rotatable bonds is 5. The smallest absolute Gasteiger partial charge is 0.338 e. The quantitative estimate of drug-likeness (QED) is 0.876. The molecular formula is C16H16ClN3O3. The van der Waals surface area contributed by atoms with Crippen molar-refractivity contribution >= 4 is 29.2 Å². The molecule has 0 spiro atoms. The molecule has 120 valence electrons. The summed E-state index contributed by atoms with van der Waals surface area (Å²) in [6.45, 7) is 3.89. The predicted octanol–water partition coefficient (Wildman–Crippen LogP) is 3.21. The van der Waals surface area contributed by atoms with Crippen LogP contribution in [0.1, 0.15) is 45.8 Å². The normalized spacial score (nSPS) is 10.4. The van der Waals surface area contributed by atoms with Crippen molar-refractivity contribution in [3.63, 3.8) is 0 Å². The fraction of sp³-hybridized carbons (Fsp3) is 0.250. The third-order valence-electron chi connectivity index (χ3n) is 3.48. The Morgan fingerprint density at radius 3 is 2.57 bits per heavy atom. The van der Waals surface area contributed by atoms with Gasteiger partial charge in [-0.25, -0.2) is 4.79 Å².